The van der Waals surface area contributed by atoms with Crippen LogP contribution < -0.4 is 26.3 Å². The van der Waals surface area contributed by atoms with Crippen molar-refractivity contribution in [1.82, 2.24) is 0 Å². The maximum Gasteiger partial charge on any atom is 0.252 e. The molecule has 0 fully saturated rings. The molecule has 0 bridgehead atoms. The Morgan fingerprint density at radius 1 is 0.750 bits per heavy atom. The average Bonchev–Trinajstić information content (AvgIpc) is 2.74. The van der Waals surface area contributed by atoms with Gasteiger partial charge in [0.15, 0.2) is 0 Å². The van der Waals surface area contributed by atoms with Crippen molar-refractivity contribution in [3.63, 3.8) is 0 Å². The third-order valence-electron chi connectivity index (χ3n) is 7.24. The van der Waals surface area contributed by atoms with Gasteiger partial charge in [0, 0.05) is 0 Å². The van der Waals surface area contributed by atoms with Gasteiger partial charge in [-0.15, -0.1) is 0 Å². The van der Waals surface area contributed by atoms with Crippen molar-refractivity contribution in [2.75, 3.05) is 0 Å². The summed E-state index contributed by atoms with van der Waals surface area (Å²) in [5.41, 5.74) is 8.18. The highest BCUT2D eigenvalue weighted by molar-refractivity contribution is 7.00. The second-order valence-electron chi connectivity index (χ2n) is 11.4. The van der Waals surface area contributed by atoms with Crippen LogP contribution >= 0.6 is 0 Å². The van der Waals surface area contributed by atoms with Gasteiger partial charge in [0.25, 0.3) is 6.71 Å². The van der Waals surface area contributed by atoms with E-state index in [4.69, 9.17) is 4.74 Å². The van der Waals surface area contributed by atoms with E-state index in [1.54, 1.807) is 5.19 Å². The molecular formula is C29H29BOSi. The van der Waals surface area contributed by atoms with Crippen molar-refractivity contribution in [3.8, 4) is 22.6 Å². The molecule has 2 aliphatic heterocycles. The van der Waals surface area contributed by atoms with Crippen LogP contribution in [-0.2, 0) is 5.41 Å². The Balaban J connectivity index is 1.74. The van der Waals surface area contributed by atoms with Crippen LogP contribution in [0.1, 0.15) is 26.3 Å². The lowest BCUT2D eigenvalue weighted by atomic mass is 9.32. The molecule has 32 heavy (non-hydrogen) atoms. The van der Waals surface area contributed by atoms with E-state index in [9.17, 15) is 0 Å². The first-order valence-electron chi connectivity index (χ1n) is 11.7. The van der Waals surface area contributed by atoms with Crippen molar-refractivity contribution in [2.24, 2.45) is 0 Å². The fourth-order valence-electron chi connectivity index (χ4n) is 5.65. The highest BCUT2D eigenvalue weighted by Gasteiger charge is 2.40. The number of ether oxygens (including phenoxy) is 1. The normalized spacial score (nSPS) is 14.1. The van der Waals surface area contributed by atoms with Gasteiger partial charge in [0.1, 0.15) is 11.5 Å². The third-order valence-corrected chi connectivity index (χ3v) is 9.30. The van der Waals surface area contributed by atoms with Crippen molar-refractivity contribution in [1.29, 1.82) is 0 Å². The minimum Gasteiger partial charge on any atom is -0.458 e. The van der Waals surface area contributed by atoms with Crippen LogP contribution in [0, 0.1) is 0 Å². The summed E-state index contributed by atoms with van der Waals surface area (Å²) in [6, 6.07) is 25.1. The predicted molar refractivity (Wildman–Crippen MR) is 142 cm³/mol. The zero-order valence-electron chi connectivity index (χ0n) is 19.8. The van der Waals surface area contributed by atoms with Crippen LogP contribution in [0.4, 0.5) is 0 Å². The maximum absolute atomic E-state index is 6.49. The van der Waals surface area contributed by atoms with E-state index in [0.717, 1.165) is 11.5 Å². The van der Waals surface area contributed by atoms with Crippen LogP contribution in [0.25, 0.3) is 21.9 Å². The summed E-state index contributed by atoms with van der Waals surface area (Å²) in [7, 11) is -1.48. The molecule has 158 valence electrons. The van der Waals surface area contributed by atoms with Gasteiger partial charge in [-0.1, -0.05) is 106 Å². The van der Waals surface area contributed by atoms with Crippen LogP contribution in [0.5, 0.6) is 11.5 Å². The van der Waals surface area contributed by atoms with Gasteiger partial charge in [-0.25, -0.2) is 0 Å². The van der Waals surface area contributed by atoms with Crippen LogP contribution in [0.2, 0.25) is 19.6 Å². The van der Waals surface area contributed by atoms with Crippen molar-refractivity contribution >= 4 is 47.1 Å². The smallest absolute Gasteiger partial charge is 0.252 e. The molecule has 0 radical (unpaired) electrons. The van der Waals surface area contributed by atoms with Crippen LogP contribution in [0.3, 0.4) is 0 Å². The van der Waals surface area contributed by atoms with Gasteiger partial charge in [0.2, 0.25) is 0 Å². The van der Waals surface area contributed by atoms with E-state index < -0.39 is 8.07 Å². The van der Waals surface area contributed by atoms with E-state index in [0.29, 0.717) is 0 Å². The minimum atomic E-state index is -1.48. The first-order chi connectivity index (χ1) is 15.1. The van der Waals surface area contributed by atoms with Crippen LogP contribution in [0.15, 0.2) is 66.7 Å². The van der Waals surface area contributed by atoms with Gasteiger partial charge >= 0.3 is 0 Å². The summed E-state index contributed by atoms with van der Waals surface area (Å²) in [6.07, 6.45) is 0. The third kappa shape index (κ3) is 2.70. The van der Waals surface area contributed by atoms with Crippen molar-refractivity contribution < 1.29 is 4.74 Å². The monoisotopic (exact) mass is 432 g/mol. The largest absolute Gasteiger partial charge is 0.458 e. The number of hydrogen-bond donors (Lipinski definition) is 0. The molecule has 0 aliphatic carbocycles. The molecule has 2 aliphatic rings. The number of benzene rings is 4. The topological polar surface area (TPSA) is 9.23 Å². The minimum absolute atomic E-state index is 0.0956. The lowest BCUT2D eigenvalue weighted by Crippen LogP contribution is -2.57. The Hall–Kier alpha value is -2.78. The fraction of sp³-hybridized carbons (Fsp3) is 0.241. The summed E-state index contributed by atoms with van der Waals surface area (Å²) in [5, 5.41) is 4.43. The highest BCUT2D eigenvalue weighted by Crippen LogP contribution is 2.37. The number of rotatable bonds is 1. The number of fused-ring (bicyclic) bond motifs is 4. The quantitative estimate of drug-likeness (QED) is 0.321. The lowest BCUT2D eigenvalue weighted by Gasteiger charge is -2.35. The highest BCUT2D eigenvalue weighted by atomic mass is 28.3. The Kier molecular flexibility index (Phi) is 3.97. The molecule has 0 amide bonds. The standard InChI is InChI=1S/C29H29BOSi/c1-29(2,3)18-13-15-24-23(17-18)30-22-11-7-10-21-26(32(4,5)6)16-14-19(27(21)22)20-9-8-12-25(31-24)28(20)30/h7-17H,1-6H3. The van der Waals surface area contributed by atoms with Gasteiger partial charge in [-0.05, 0) is 55.9 Å². The summed E-state index contributed by atoms with van der Waals surface area (Å²) in [6.45, 7) is 14.4. The Labute approximate surface area is 192 Å². The molecule has 4 aromatic rings. The van der Waals surface area contributed by atoms with Crippen molar-refractivity contribution in [2.45, 2.75) is 45.8 Å². The second kappa shape index (κ2) is 6.39. The summed E-state index contributed by atoms with van der Waals surface area (Å²) in [4.78, 5) is 0. The zero-order valence-corrected chi connectivity index (χ0v) is 20.8. The molecule has 0 spiro atoms. The molecule has 2 heterocycles. The maximum atomic E-state index is 6.49. The van der Waals surface area contributed by atoms with Gasteiger partial charge in [-0.3, -0.25) is 0 Å². The molecular weight excluding hydrogens is 403 g/mol. The molecule has 0 aromatic heterocycles. The molecule has 4 aromatic carbocycles. The first-order valence-corrected chi connectivity index (χ1v) is 15.2. The summed E-state index contributed by atoms with van der Waals surface area (Å²) in [5.74, 6) is 2.00. The van der Waals surface area contributed by atoms with Crippen LogP contribution in [-0.4, -0.2) is 14.8 Å². The molecule has 0 atom stereocenters. The predicted octanol–water partition coefficient (Wildman–Crippen LogP) is 5.28. The fourth-order valence-corrected chi connectivity index (χ4v) is 7.25. The molecule has 3 heteroatoms. The van der Waals surface area contributed by atoms with E-state index in [1.165, 1.54) is 43.9 Å². The summed E-state index contributed by atoms with van der Waals surface area (Å²) >= 11 is 0. The molecule has 0 N–H and O–H groups in total. The second-order valence-corrected chi connectivity index (χ2v) is 16.5. The molecule has 0 saturated carbocycles. The van der Waals surface area contributed by atoms with Crippen molar-refractivity contribution in [3.05, 3.63) is 72.3 Å². The first kappa shape index (κ1) is 19.9. The summed E-state index contributed by atoms with van der Waals surface area (Å²) < 4.78 is 6.49. The molecule has 0 saturated heterocycles. The molecule has 6 rings (SSSR count). The lowest BCUT2D eigenvalue weighted by molar-refractivity contribution is 0.486. The van der Waals surface area contributed by atoms with E-state index in [-0.39, 0.29) is 12.1 Å². The Bertz CT molecular complexity index is 1420. The average molecular weight is 432 g/mol. The van der Waals surface area contributed by atoms with Gasteiger partial charge in [0.05, 0.1) is 8.07 Å². The van der Waals surface area contributed by atoms with E-state index in [2.05, 4.69) is 107 Å². The Morgan fingerprint density at radius 2 is 1.53 bits per heavy atom. The van der Waals surface area contributed by atoms with Gasteiger partial charge in [-0.2, -0.15) is 0 Å². The number of hydrogen-bond acceptors (Lipinski definition) is 1. The molecule has 1 nitrogen and oxygen atoms in total. The SMILES string of the molecule is CC(C)(C)c1ccc2c(c1)B1c3c(cccc3-c3ccc([Si](C)(C)C)c4cccc1c34)O2. The van der Waals surface area contributed by atoms with E-state index in [1.807, 2.05) is 0 Å². The zero-order chi connectivity index (χ0) is 22.4. The molecule has 0 unspecified atom stereocenters. The van der Waals surface area contributed by atoms with Gasteiger partial charge < -0.3 is 4.74 Å². The Morgan fingerprint density at radius 3 is 2.28 bits per heavy atom. The van der Waals surface area contributed by atoms with E-state index >= 15 is 0 Å².